The predicted octanol–water partition coefficient (Wildman–Crippen LogP) is 5.00. The number of Topliss-reactive ketones (excluding diaryl/α,β-unsaturated/α-hetero) is 1. The second-order valence-corrected chi connectivity index (χ2v) is 8.91. The van der Waals surface area contributed by atoms with Crippen molar-refractivity contribution in [1.29, 1.82) is 0 Å². The molecule has 1 saturated heterocycles. The molecule has 6 nitrogen and oxygen atoms in total. The SMILES string of the molecule is COc1ccc(CN2C(=O)C(=O)/C(=C(\O)c3ccc(C)c(C)c3)C2c2cccs2)cc1OC. The molecule has 1 fully saturated rings. The Morgan fingerprint density at radius 3 is 2.39 bits per heavy atom. The minimum Gasteiger partial charge on any atom is -0.507 e. The van der Waals surface area contributed by atoms with E-state index in [2.05, 4.69) is 0 Å². The first-order valence-corrected chi connectivity index (χ1v) is 11.3. The lowest BCUT2D eigenvalue weighted by Gasteiger charge is -2.24. The molecule has 170 valence electrons. The number of aliphatic hydroxyl groups excluding tert-OH is 1. The van der Waals surface area contributed by atoms with Gasteiger partial charge in [-0.05, 0) is 60.2 Å². The van der Waals surface area contributed by atoms with Crippen molar-refractivity contribution < 1.29 is 24.2 Å². The summed E-state index contributed by atoms with van der Waals surface area (Å²) in [7, 11) is 3.10. The van der Waals surface area contributed by atoms with Gasteiger partial charge in [-0.3, -0.25) is 9.59 Å². The smallest absolute Gasteiger partial charge is 0.295 e. The number of aliphatic hydroxyl groups is 1. The van der Waals surface area contributed by atoms with E-state index in [1.54, 1.807) is 32.4 Å². The molecule has 7 heteroatoms. The Labute approximate surface area is 196 Å². The van der Waals surface area contributed by atoms with Crippen LogP contribution in [0.25, 0.3) is 5.76 Å². The van der Waals surface area contributed by atoms with E-state index in [-0.39, 0.29) is 17.9 Å². The number of carbonyl (C=O) groups excluding carboxylic acids is 2. The number of likely N-dealkylation sites (tertiary alicyclic amines) is 1. The molecule has 1 aliphatic rings. The van der Waals surface area contributed by atoms with Crippen molar-refractivity contribution in [1.82, 2.24) is 4.90 Å². The molecule has 0 spiro atoms. The highest BCUT2D eigenvalue weighted by molar-refractivity contribution is 7.10. The normalized spacial score (nSPS) is 17.5. The van der Waals surface area contributed by atoms with Crippen LogP contribution in [-0.2, 0) is 16.1 Å². The lowest BCUT2D eigenvalue weighted by Crippen LogP contribution is -2.28. The molecule has 4 rings (SSSR count). The Hall–Kier alpha value is -3.58. The molecule has 1 aromatic heterocycles. The molecular formula is C26H25NO5S. The van der Waals surface area contributed by atoms with Crippen LogP contribution in [0.2, 0.25) is 0 Å². The number of benzene rings is 2. The second-order valence-electron chi connectivity index (χ2n) is 7.93. The van der Waals surface area contributed by atoms with Gasteiger partial charge in [0, 0.05) is 17.0 Å². The van der Waals surface area contributed by atoms with Crippen LogP contribution in [0.15, 0.2) is 59.5 Å². The molecule has 0 radical (unpaired) electrons. The predicted molar refractivity (Wildman–Crippen MR) is 128 cm³/mol. The number of rotatable bonds is 6. The maximum atomic E-state index is 13.2. The van der Waals surface area contributed by atoms with Gasteiger partial charge in [-0.1, -0.05) is 24.3 Å². The average Bonchev–Trinajstić information content (AvgIpc) is 3.43. The lowest BCUT2D eigenvalue weighted by atomic mass is 9.97. The fourth-order valence-electron chi connectivity index (χ4n) is 4.01. The van der Waals surface area contributed by atoms with Crippen LogP contribution < -0.4 is 9.47 Å². The van der Waals surface area contributed by atoms with Crippen LogP contribution in [0.5, 0.6) is 11.5 Å². The van der Waals surface area contributed by atoms with E-state index in [1.807, 2.05) is 49.6 Å². The Kier molecular flexibility index (Phi) is 6.24. The van der Waals surface area contributed by atoms with E-state index in [9.17, 15) is 14.7 Å². The Morgan fingerprint density at radius 2 is 1.76 bits per heavy atom. The Bertz CT molecular complexity index is 1250. The molecule has 0 bridgehead atoms. The van der Waals surface area contributed by atoms with Gasteiger partial charge in [0.15, 0.2) is 11.5 Å². The zero-order valence-electron chi connectivity index (χ0n) is 18.9. The molecule has 1 atom stereocenters. The molecular weight excluding hydrogens is 438 g/mol. The highest BCUT2D eigenvalue weighted by atomic mass is 32.1. The third kappa shape index (κ3) is 4.12. The monoisotopic (exact) mass is 463 g/mol. The summed E-state index contributed by atoms with van der Waals surface area (Å²) in [5.74, 6) is -0.384. The van der Waals surface area contributed by atoms with Crippen molar-refractivity contribution in [3.63, 3.8) is 0 Å². The minimum absolute atomic E-state index is 0.103. The van der Waals surface area contributed by atoms with Gasteiger partial charge >= 0.3 is 0 Å². The molecule has 0 saturated carbocycles. The number of ketones is 1. The maximum Gasteiger partial charge on any atom is 0.295 e. The number of methoxy groups -OCH3 is 2. The number of ether oxygens (including phenoxy) is 2. The maximum absolute atomic E-state index is 13.2. The summed E-state index contributed by atoms with van der Waals surface area (Å²) in [4.78, 5) is 28.6. The van der Waals surface area contributed by atoms with Crippen molar-refractivity contribution in [3.8, 4) is 11.5 Å². The zero-order valence-corrected chi connectivity index (χ0v) is 19.7. The first kappa shape index (κ1) is 22.6. The third-order valence-electron chi connectivity index (χ3n) is 5.93. The first-order chi connectivity index (χ1) is 15.8. The lowest BCUT2D eigenvalue weighted by molar-refractivity contribution is -0.140. The fraction of sp³-hybridized carbons (Fsp3) is 0.231. The number of thiophene rings is 1. The van der Waals surface area contributed by atoms with Crippen molar-refractivity contribution in [2.24, 2.45) is 0 Å². The van der Waals surface area contributed by atoms with Crippen LogP contribution >= 0.6 is 11.3 Å². The summed E-state index contributed by atoms with van der Waals surface area (Å²) in [6, 6.07) is 13.9. The van der Waals surface area contributed by atoms with Gasteiger partial charge < -0.3 is 19.5 Å². The molecule has 2 heterocycles. The summed E-state index contributed by atoms with van der Waals surface area (Å²) < 4.78 is 10.7. The van der Waals surface area contributed by atoms with Crippen molar-refractivity contribution in [2.45, 2.75) is 26.4 Å². The molecule has 1 N–H and O–H groups in total. The first-order valence-electron chi connectivity index (χ1n) is 10.5. The summed E-state index contributed by atoms with van der Waals surface area (Å²) in [5.41, 5.74) is 3.47. The second kappa shape index (κ2) is 9.11. The number of hydrogen-bond acceptors (Lipinski definition) is 6. The van der Waals surface area contributed by atoms with Crippen LogP contribution in [-0.4, -0.2) is 35.9 Å². The standard InChI is InChI=1S/C26H25NO5S/c1-15-7-9-18(12-16(15)2)24(28)22-23(21-6-5-11-33-21)27(26(30)25(22)29)14-17-8-10-19(31-3)20(13-17)32-4/h5-13,23,28H,14H2,1-4H3/b24-22-. The number of amides is 1. The van der Waals surface area contributed by atoms with Crippen molar-refractivity contribution in [2.75, 3.05) is 14.2 Å². The van der Waals surface area contributed by atoms with Crippen LogP contribution in [0, 0.1) is 13.8 Å². The van der Waals surface area contributed by atoms with Gasteiger partial charge in [0.1, 0.15) is 5.76 Å². The van der Waals surface area contributed by atoms with Crippen LogP contribution in [0.3, 0.4) is 0 Å². The van der Waals surface area contributed by atoms with Gasteiger partial charge in [-0.2, -0.15) is 0 Å². The van der Waals surface area contributed by atoms with E-state index in [0.717, 1.165) is 21.6 Å². The summed E-state index contributed by atoms with van der Waals surface area (Å²) >= 11 is 1.44. The van der Waals surface area contributed by atoms with Crippen molar-refractivity contribution in [3.05, 3.63) is 86.6 Å². The van der Waals surface area contributed by atoms with Gasteiger partial charge in [0.25, 0.3) is 11.7 Å². The van der Waals surface area contributed by atoms with E-state index >= 15 is 0 Å². The summed E-state index contributed by atoms with van der Waals surface area (Å²) in [6.45, 7) is 4.10. The summed E-state index contributed by atoms with van der Waals surface area (Å²) in [6.07, 6.45) is 0. The van der Waals surface area contributed by atoms with Crippen molar-refractivity contribution >= 4 is 28.8 Å². The molecule has 33 heavy (non-hydrogen) atoms. The number of aryl methyl sites for hydroxylation is 2. The Balaban J connectivity index is 1.81. The fourth-order valence-corrected chi connectivity index (χ4v) is 4.85. The molecule has 1 unspecified atom stereocenters. The molecule has 2 aromatic carbocycles. The topological polar surface area (TPSA) is 76.1 Å². The number of nitrogens with zero attached hydrogens (tertiary/aromatic N) is 1. The molecule has 0 aliphatic carbocycles. The van der Waals surface area contributed by atoms with E-state index in [1.165, 1.54) is 16.2 Å². The van der Waals surface area contributed by atoms with Crippen LogP contribution in [0.4, 0.5) is 0 Å². The highest BCUT2D eigenvalue weighted by Gasteiger charge is 2.46. The Morgan fingerprint density at radius 1 is 1.00 bits per heavy atom. The number of hydrogen-bond donors (Lipinski definition) is 1. The largest absolute Gasteiger partial charge is 0.507 e. The molecule has 1 amide bonds. The highest BCUT2D eigenvalue weighted by Crippen LogP contribution is 2.42. The summed E-state index contributed by atoms with van der Waals surface area (Å²) in [5, 5.41) is 13.1. The molecule has 3 aromatic rings. The van der Waals surface area contributed by atoms with Gasteiger partial charge in [0.2, 0.25) is 0 Å². The third-order valence-corrected chi connectivity index (χ3v) is 6.86. The van der Waals surface area contributed by atoms with E-state index in [4.69, 9.17) is 9.47 Å². The zero-order chi connectivity index (χ0) is 23.7. The molecule has 1 aliphatic heterocycles. The quantitative estimate of drug-likeness (QED) is 0.316. The van der Waals surface area contributed by atoms with E-state index < -0.39 is 17.7 Å². The number of carbonyl (C=O) groups is 2. The van der Waals surface area contributed by atoms with Gasteiger partial charge in [-0.25, -0.2) is 0 Å². The van der Waals surface area contributed by atoms with Crippen LogP contribution in [0.1, 0.15) is 33.2 Å². The average molecular weight is 464 g/mol. The van der Waals surface area contributed by atoms with Gasteiger partial charge in [0.05, 0.1) is 25.8 Å². The van der Waals surface area contributed by atoms with Gasteiger partial charge in [-0.15, -0.1) is 11.3 Å². The van der Waals surface area contributed by atoms with E-state index in [0.29, 0.717) is 17.1 Å². The minimum atomic E-state index is -0.690.